The van der Waals surface area contributed by atoms with Gasteiger partial charge < -0.3 is 4.57 Å². The van der Waals surface area contributed by atoms with E-state index in [0.717, 1.165) is 22.1 Å². The molecule has 0 atom stereocenters. The van der Waals surface area contributed by atoms with E-state index in [4.69, 9.17) is 0 Å². The van der Waals surface area contributed by atoms with Gasteiger partial charge in [0.2, 0.25) is 0 Å². The largest absolute Gasteiger partial charge is 0.350 e. The molecule has 3 rings (SSSR count). The van der Waals surface area contributed by atoms with Crippen LogP contribution in [0.1, 0.15) is 21.5 Å². The van der Waals surface area contributed by atoms with Crippen molar-refractivity contribution in [1.29, 1.82) is 0 Å². The van der Waals surface area contributed by atoms with Crippen molar-refractivity contribution in [2.24, 2.45) is 7.05 Å². The molecule has 0 spiro atoms. The van der Waals surface area contributed by atoms with Crippen LogP contribution in [0, 0.1) is 6.92 Å². The highest BCUT2D eigenvalue weighted by Gasteiger charge is 2.04. The number of allylic oxidation sites excluding steroid dienone is 1. The Labute approximate surface area is 124 Å². The van der Waals surface area contributed by atoms with Gasteiger partial charge in [-0.15, -0.1) is 0 Å². The van der Waals surface area contributed by atoms with Crippen molar-refractivity contribution in [3.05, 3.63) is 77.5 Å². The van der Waals surface area contributed by atoms with Crippen LogP contribution in [0.4, 0.5) is 0 Å². The molecule has 0 aliphatic rings. The number of rotatable bonds is 3. The van der Waals surface area contributed by atoms with Gasteiger partial charge in [0.25, 0.3) is 0 Å². The molecule has 0 radical (unpaired) electrons. The third-order valence-electron chi connectivity index (χ3n) is 3.68. The zero-order chi connectivity index (χ0) is 14.8. The summed E-state index contributed by atoms with van der Waals surface area (Å²) >= 11 is 0. The maximum atomic E-state index is 12.2. The second kappa shape index (κ2) is 5.41. The highest BCUT2D eigenvalue weighted by atomic mass is 16.1. The molecule has 0 N–H and O–H groups in total. The summed E-state index contributed by atoms with van der Waals surface area (Å²) < 4.78 is 2.07. The molecule has 0 saturated heterocycles. The van der Waals surface area contributed by atoms with E-state index in [2.05, 4.69) is 16.7 Å². The minimum Gasteiger partial charge on any atom is -0.350 e. The SMILES string of the molecule is Cc1ccc(C(=O)C=Cc2cn(C)c3ccccc23)cc1. The monoisotopic (exact) mass is 275 g/mol. The Kier molecular flexibility index (Phi) is 3.44. The minimum absolute atomic E-state index is 0.0305. The number of aryl methyl sites for hydroxylation is 2. The lowest BCUT2D eigenvalue weighted by Crippen LogP contribution is -1.93. The van der Waals surface area contributed by atoms with E-state index in [0.29, 0.717) is 0 Å². The Bertz CT molecular complexity index is 822. The molecule has 0 amide bonds. The molecule has 104 valence electrons. The summed E-state index contributed by atoms with van der Waals surface area (Å²) in [6.45, 7) is 2.01. The number of ketones is 1. The van der Waals surface area contributed by atoms with E-state index in [1.54, 1.807) is 6.08 Å². The molecule has 0 bridgehead atoms. The molecular weight excluding hydrogens is 258 g/mol. The summed E-state index contributed by atoms with van der Waals surface area (Å²) in [5.74, 6) is 0.0305. The molecule has 1 aromatic heterocycles. The number of fused-ring (bicyclic) bond motifs is 1. The van der Waals surface area contributed by atoms with Crippen LogP contribution in [-0.4, -0.2) is 10.4 Å². The smallest absolute Gasteiger partial charge is 0.185 e. The normalized spacial score (nSPS) is 11.3. The van der Waals surface area contributed by atoms with Gasteiger partial charge in [0.15, 0.2) is 5.78 Å². The molecule has 0 aliphatic carbocycles. The van der Waals surface area contributed by atoms with Gasteiger partial charge in [-0.3, -0.25) is 4.79 Å². The third kappa shape index (κ3) is 2.65. The van der Waals surface area contributed by atoms with Gasteiger partial charge in [-0.1, -0.05) is 48.0 Å². The molecule has 2 aromatic carbocycles. The number of carbonyl (C=O) groups excluding carboxylic acids is 1. The molecule has 1 heterocycles. The van der Waals surface area contributed by atoms with Crippen molar-refractivity contribution in [3.8, 4) is 0 Å². The highest BCUT2D eigenvalue weighted by Crippen LogP contribution is 2.21. The average molecular weight is 275 g/mol. The van der Waals surface area contributed by atoms with Crippen LogP contribution in [0.5, 0.6) is 0 Å². The topological polar surface area (TPSA) is 22.0 Å². The lowest BCUT2D eigenvalue weighted by Gasteiger charge is -1.96. The summed E-state index contributed by atoms with van der Waals surface area (Å²) in [5.41, 5.74) is 4.11. The van der Waals surface area contributed by atoms with Gasteiger partial charge in [0.05, 0.1) is 0 Å². The first-order chi connectivity index (χ1) is 10.1. The Morgan fingerprint density at radius 3 is 2.52 bits per heavy atom. The summed E-state index contributed by atoms with van der Waals surface area (Å²) in [4.78, 5) is 12.2. The number of nitrogens with zero attached hydrogens (tertiary/aromatic N) is 1. The van der Waals surface area contributed by atoms with Crippen molar-refractivity contribution in [3.63, 3.8) is 0 Å². The maximum Gasteiger partial charge on any atom is 0.185 e. The quantitative estimate of drug-likeness (QED) is 0.513. The lowest BCUT2D eigenvalue weighted by molar-refractivity contribution is 0.104. The van der Waals surface area contributed by atoms with Gasteiger partial charge >= 0.3 is 0 Å². The number of benzene rings is 2. The number of aromatic nitrogens is 1. The number of carbonyl (C=O) groups is 1. The predicted molar refractivity (Wildman–Crippen MR) is 87.5 cm³/mol. The van der Waals surface area contributed by atoms with Crippen molar-refractivity contribution >= 4 is 22.8 Å². The number of hydrogen-bond acceptors (Lipinski definition) is 1. The fourth-order valence-electron chi connectivity index (χ4n) is 2.49. The van der Waals surface area contributed by atoms with Crippen molar-refractivity contribution in [2.75, 3.05) is 0 Å². The first-order valence-corrected chi connectivity index (χ1v) is 6.98. The Hall–Kier alpha value is -2.61. The third-order valence-corrected chi connectivity index (χ3v) is 3.68. The Balaban J connectivity index is 1.91. The first kappa shape index (κ1) is 13.4. The van der Waals surface area contributed by atoms with Gasteiger partial charge in [-0.25, -0.2) is 0 Å². The second-order valence-corrected chi connectivity index (χ2v) is 5.28. The predicted octanol–water partition coefficient (Wildman–Crippen LogP) is 4.38. The van der Waals surface area contributed by atoms with Crippen LogP contribution < -0.4 is 0 Å². The zero-order valence-electron chi connectivity index (χ0n) is 12.2. The molecule has 21 heavy (non-hydrogen) atoms. The summed E-state index contributed by atoms with van der Waals surface area (Å²) in [5, 5.41) is 1.16. The first-order valence-electron chi connectivity index (χ1n) is 6.98. The van der Waals surface area contributed by atoms with Gasteiger partial charge in [-0.2, -0.15) is 0 Å². The Morgan fingerprint density at radius 1 is 1.05 bits per heavy atom. The molecular formula is C19H17NO. The van der Waals surface area contributed by atoms with Crippen LogP contribution >= 0.6 is 0 Å². The van der Waals surface area contributed by atoms with Crippen molar-refractivity contribution in [1.82, 2.24) is 4.57 Å². The maximum absolute atomic E-state index is 12.2. The van der Waals surface area contributed by atoms with Crippen molar-refractivity contribution < 1.29 is 4.79 Å². The lowest BCUT2D eigenvalue weighted by atomic mass is 10.1. The van der Waals surface area contributed by atoms with Crippen LogP contribution in [0.2, 0.25) is 0 Å². The summed E-state index contributed by atoms with van der Waals surface area (Å²) in [6, 6.07) is 15.8. The number of para-hydroxylation sites is 1. The average Bonchev–Trinajstić information content (AvgIpc) is 2.83. The molecule has 0 saturated carbocycles. The van der Waals surface area contributed by atoms with E-state index in [1.165, 1.54) is 5.52 Å². The standard InChI is InChI=1S/C19H17NO/c1-14-7-9-15(10-8-14)19(21)12-11-16-13-20(2)18-6-4-3-5-17(16)18/h3-13H,1-2H3. The summed E-state index contributed by atoms with van der Waals surface area (Å²) in [7, 11) is 2.02. The summed E-state index contributed by atoms with van der Waals surface area (Å²) in [6.07, 6.45) is 5.58. The molecule has 0 fully saturated rings. The van der Waals surface area contributed by atoms with E-state index in [1.807, 2.05) is 62.6 Å². The fraction of sp³-hybridized carbons (Fsp3) is 0.105. The molecule has 2 nitrogen and oxygen atoms in total. The fourth-order valence-corrected chi connectivity index (χ4v) is 2.49. The van der Waals surface area contributed by atoms with Crippen molar-refractivity contribution in [2.45, 2.75) is 6.92 Å². The highest BCUT2D eigenvalue weighted by molar-refractivity contribution is 6.07. The van der Waals surface area contributed by atoms with Gasteiger partial charge in [0.1, 0.15) is 0 Å². The van der Waals surface area contributed by atoms with Crippen LogP contribution in [-0.2, 0) is 7.05 Å². The Morgan fingerprint density at radius 2 is 1.76 bits per heavy atom. The van der Waals surface area contributed by atoms with Crippen LogP contribution in [0.3, 0.4) is 0 Å². The van der Waals surface area contributed by atoms with E-state index >= 15 is 0 Å². The molecule has 0 unspecified atom stereocenters. The van der Waals surface area contributed by atoms with Crippen LogP contribution in [0.15, 0.2) is 60.8 Å². The molecule has 0 aliphatic heterocycles. The molecule has 2 heteroatoms. The van der Waals surface area contributed by atoms with E-state index in [9.17, 15) is 4.79 Å². The zero-order valence-corrected chi connectivity index (χ0v) is 12.2. The van der Waals surface area contributed by atoms with Gasteiger partial charge in [0, 0.05) is 35.3 Å². The van der Waals surface area contributed by atoms with E-state index < -0.39 is 0 Å². The van der Waals surface area contributed by atoms with Crippen LogP contribution in [0.25, 0.3) is 17.0 Å². The van der Waals surface area contributed by atoms with Gasteiger partial charge in [-0.05, 0) is 25.1 Å². The minimum atomic E-state index is 0.0305. The second-order valence-electron chi connectivity index (χ2n) is 5.28. The number of hydrogen-bond donors (Lipinski definition) is 0. The van der Waals surface area contributed by atoms with E-state index in [-0.39, 0.29) is 5.78 Å². The molecule has 3 aromatic rings.